The molecule has 2 atom stereocenters. The maximum Gasteiger partial charge on any atom is 0.0674 e. The average Bonchev–Trinajstić information content (AvgIpc) is 2.12. The van der Waals surface area contributed by atoms with E-state index in [0.717, 1.165) is 32.0 Å². The number of morpholine rings is 1. The molecule has 1 aliphatic rings. The first-order valence-electron chi connectivity index (χ1n) is 5.88. The topological polar surface area (TPSA) is 12.5 Å². The van der Waals surface area contributed by atoms with Crippen molar-refractivity contribution in [1.29, 1.82) is 0 Å². The quantitative estimate of drug-likeness (QED) is 0.748. The lowest BCUT2D eigenvalue weighted by Crippen LogP contribution is -2.45. The summed E-state index contributed by atoms with van der Waals surface area (Å²) >= 11 is 4.47. The standard InChI is InChI=1S/C12H25NOS/c1-10-7-13(5-6-14-10)8-11(9-15)12(2,3)4/h10-11,15H,5-9H2,1-4H3. The van der Waals surface area contributed by atoms with Crippen molar-refractivity contribution in [2.45, 2.75) is 33.8 Å². The zero-order valence-electron chi connectivity index (χ0n) is 10.5. The molecular formula is C12H25NOS. The second-order valence-electron chi connectivity index (χ2n) is 5.69. The van der Waals surface area contributed by atoms with Gasteiger partial charge in [0.25, 0.3) is 0 Å². The largest absolute Gasteiger partial charge is 0.376 e. The molecule has 2 unspecified atom stereocenters. The summed E-state index contributed by atoms with van der Waals surface area (Å²) in [6.45, 7) is 13.2. The summed E-state index contributed by atoms with van der Waals surface area (Å²) in [6.07, 6.45) is 0.388. The SMILES string of the molecule is CC1CN(CC(CS)C(C)(C)C)CCO1. The molecule has 0 N–H and O–H groups in total. The van der Waals surface area contributed by atoms with Crippen molar-refractivity contribution in [2.75, 3.05) is 32.0 Å². The molecule has 0 saturated carbocycles. The fourth-order valence-electron chi connectivity index (χ4n) is 1.97. The van der Waals surface area contributed by atoms with E-state index >= 15 is 0 Å². The first-order chi connectivity index (χ1) is 6.93. The summed E-state index contributed by atoms with van der Waals surface area (Å²) in [5.41, 5.74) is 0.350. The van der Waals surface area contributed by atoms with Crippen molar-refractivity contribution in [1.82, 2.24) is 4.90 Å². The Morgan fingerprint density at radius 3 is 2.60 bits per heavy atom. The number of thiol groups is 1. The highest BCUT2D eigenvalue weighted by atomic mass is 32.1. The van der Waals surface area contributed by atoms with E-state index in [2.05, 4.69) is 45.2 Å². The van der Waals surface area contributed by atoms with Crippen molar-refractivity contribution in [3.05, 3.63) is 0 Å². The minimum absolute atomic E-state index is 0.350. The lowest BCUT2D eigenvalue weighted by atomic mass is 9.81. The molecule has 0 bridgehead atoms. The van der Waals surface area contributed by atoms with Gasteiger partial charge < -0.3 is 4.74 Å². The Balaban J connectivity index is 2.44. The number of hydrogen-bond donors (Lipinski definition) is 1. The van der Waals surface area contributed by atoms with Gasteiger partial charge in [-0.15, -0.1) is 0 Å². The van der Waals surface area contributed by atoms with Crippen LogP contribution < -0.4 is 0 Å². The van der Waals surface area contributed by atoms with Gasteiger partial charge in [0, 0.05) is 19.6 Å². The van der Waals surface area contributed by atoms with Crippen LogP contribution >= 0.6 is 12.6 Å². The molecule has 1 saturated heterocycles. The minimum atomic E-state index is 0.350. The molecule has 0 aromatic carbocycles. The normalized spacial score (nSPS) is 26.6. The Bertz CT molecular complexity index is 191. The molecule has 0 aliphatic carbocycles. The number of hydrogen-bond acceptors (Lipinski definition) is 3. The molecule has 15 heavy (non-hydrogen) atoms. The molecule has 1 heterocycles. The van der Waals surface area contributed by atoms with Crippen molar-refractivity contribution in [3.63, 3.8) is 0 Å². The lowest BCUT2D eigenvalue weighted by molar-refractivity contribution is -0.0272. The van der Waals surface area contributed by atoms with Crippen molar-refractivity contribution in [2.24, 2.45) is 11.3 Å². The monoisotopic (exact) mass is 231 g/mol. The van der Waals surface area contributed by atoms with Crippen LogP contribution in [0.25, 0.3) is 0 Å². The fraction of sp³-hybridized carbons (Fsp3) is 1.00. The third-order valence-electron chi connectivity index (χ3n) is 3.25. The summed E-state index contributed by atoms with van der Waals surface area (Å²) in [5.74, 6) is 1.63. The van der Waals surface area contributed by atoms with Gasteiger partial charge in [-0.1, -0.05) is 20.8 Å². The van der Waals surface area contributed by atoms with Gasteiger partial charge in [-0.2, -0.15) is 12.6 Å². The lowest BCUT2D eigenvalue weighted by Gasteiger charge is -2.37. The molecule has 1 rings (SSSR count). The highest BCUT2D eigenvalue weighted by Crippen LogP contribution is 2.28. The van der Waals surface area contributed by atoms with E-state index in [1.54, 1.807) is 0 Å². The zero-order chi connectivity index (χ0) is 11.5. The third-order valence-corrected chi connectivity index (χ3v) is 3.69. The van der Waals surface area contributed by atoms with Gasteiger partial charge in [-0.05, 0) is 24.0 Å². The predicted molar refractivity (Wildman–Crippen MR) is 68.7 cm³/mol. The fourth-order valence-corrected chi connectivity index (χ4v) is 2.64. The second-order valence-corrected chi connectivity index (χ2v) is 6.05. The van der Waals surface area contributed by atoms with Crippen LogP contribution in [0, 0.1) is 11.3 Å². The first kappa shape index (κ1) is 13.3. The van der Waals surface area contributed by atoms with E-state index in [1.807, 2.05) is 0 Å². The van der Waals surface area contributed by atoms with Crippen molar-refractivity contribution in [3.8, 4) is 0 Å². The first-order valence-corrected chi connectivity index (χ1v) is 6.51. The molecule has 1 fully saturated rings. The summed E-state index contributed by atoms with van der Waals surface area (Å²) < 4.78 is 5.55. The van der Waals surface area contributed by atoms with Crippen LogP contribution in [-0.4, -0.2) is 43.0 Å². The molecule has 90 valence electrons. The predicted octanol–water partition coefficient (Wildman–Crippen LogP) is 2.30. The second kappa shape index (κ2) is 5.55. The highest BCUT2D eigenvalue weighted by Gasteiger charge is 2.27. The maximum atomic E-state index is 5.55. The molecule has 0 spiro atoms. The smallest absolute Gasteiger partial charge is 0.0674 e. The van der Waals surface area contributed by atoms with E-state index in [0.29, 0.717) is 17.4 Å². The molecule has 1 aliphatic heterocycles. The van der Waals surface area contributed by atoms with Gasteiger partial charge in [0.15, 0.2) is 0 Å². The molecule has 3 heteroatoms. The van der Waals surface area contributed by atoms with Gasteiger partial charge in [0.2, 0.25) is 0 Å². The van der Waals surface area contributed by atoms with Crippen LogP contribution in [0.5, 0.6) is 0 Å². The van der Waals surface area contributed by atoms with Gasteiger partial charge >= 0.3 is 0 Å². The molecule has 0 aromatic rings. The highest BCUT2D eigenvalue weighted by molar-refractivity contribution is 7.80. The Morgan fingerprint density at radius 1 is 1.47 bits per heavy atom. The Hall–Kier alpha value is 0.270. The Morgan fingerprint density at radius 2 is 2.13 bits per heavy atom. The van der Waals surface area contributed by atoms with Crippen molar-refractivity contribution >= 4 is 12.6 Å². The average molecular weight is 231 g/mol. The summed E-state index contributed by atoms with van der Waals surface area (Å²) in [5, 5.41) is 0. The Labute approximate surface area is 99.8 Å². The van der Waals surface area contributed by atoms with Crippen LogP contribution in [0.4, 0.5) is 0 Å². The van der Waals surface area contributed by atoms with E-state index in [4.69, 9.17) is 4.74 Å². The van der Waals surface area contributed by atoms with Crippen LogP contribution in [0.1, 0.15) is 27.7 Å². The number of ether oxygens (including phenoxy) is 1. The van der Waals surface area contributed by atoms with Crippen molar-refractivity contribution < 1.29 is 4.74 Å². The van der Waals surface area contributed by atoms with E-state index in [9.17, 15) is 0 Å². The third kappa shape index (κ3) is 4.33. The summed E-state index contributed by atoms with van der Waals surface area (Å²) in [6, 6.07) is 0. The number of rotatable bonds is 3. The van der Waals surface area contributed by atoms with Gasteiger partial charge in [-0.25, -0.2) is 0 Å². The van der Waals surface area contributed by atoms with E-state index in [-0.39, 0.29) is 0 Å². The van der Waals surface area contributed by atoms with Gasteiger partial charge in [-0.3, -0.25) is 4.90 Å². The summed E-state index contributed by atoms with van der Waals surface area (Å²) in [7, 11) is 0. The van der Waals surface area contributed by atoms with E-state index in [1.165, 1.54) is 0 Å². The minimum Gasteiger partial charge on any atom is -0.376 e. The maximum absolute atomic E-state index is 5.55. The molecular weight excluding hydrogens is 206 g/mol. The zero-order valence-corrected chi connectivity index (χ0v) is 11.4. The van der Waals surface area contributed by atoms with Gasteiger partial charge in [0.05, 0.1) is 12.7 Å². The molecule has 2 nitrogen and oxygen atoms in total. The van der Waals surface area contributed by atoms with E-state index < -0.39 is 0 Å². The van der Waals surface area contributed by atoms with Crippen LogP contribution in [0.2, 0.25) is 0 Å². The number of nitrogens with zero attached hydrogens (tertiary/aromatic N) is 1. The van der Waals surface area contributed by atoms with Crippen LogP contribution in [0.15, 0.2) is 0 Å². The molecule has 0 amide bonds. The summed E-state index contributed by atoms with van der Waals surface area (Å²) in [4.78, 5) is 2.51. The molecule has 0 aromatic heterocycles. The molecule has 0 radical (unpaired) electrons. The van der Waals surface area contributed by atoms with Gasteiger partial charge in [0.1, 0.15) is 0 Å². The Kier molecular flexibility index (Phi) is 4.94. The van der Waals surface area contributed by atoms with Crippen LogP contribution in [-0.2, 0) is 4.74 Å². The van der Waals surface area contributed by atoms with Crippen LogP contribution in [0.3, 0.4) is 0 Å².